The van der Waals surface area contributed by atoms with Gasteiger partial charge in [0.15, 0.2) is 0 Å². The van der Waals surface area contributed by atoms with E-state index >= 15 is 0 Å². The van der Waals surface area contributed by atoms with Gasteiger partial charge in [-0.1, -0.05) is 24.3 Å². The Bertz CT molecular complexity index is 471. The van der Waals surface area contributed by atoms with Gasteiger partial charge in [-0.25, -0.2) is 0 Å². The summed E-state index contributed by atoms with van der Waals surface area (Å²) in [5.74, 6) is 0. The summed E-state index contributed by atoms with van der Waals surface area (Å²) >= 11 is 3.51. The fraction of sp³-hybridized carbons (Fsp3) is 0.0909. The van der Waals surface area contributed by atoms with E-state index in [9.17, 15) is 0 Å². The molecule has 0 aliphatic rings. The van der Waals surface area contributed by atoms with E-state index in [0.717, 1.165) is 9.99 Å². The summed E-state index contributed by atoms with van der Waals surface area (Å²) in [4.78, 5) is 3.19. The second kappa shape index (κ2) is 3.98. The fourth-order valence-electron chi connectivity index (χ4n) is 1.50. The summed E-state index contributed by atoms with van der Waals surface area (Å²) in [5.41, 5.74) is 7.74. The minimum atomic E-state index is 0.568. The lowest BCUT2D eigenvalue weighted by molar-refractivity contribution is 1.26. The van der Waals surface area contributed by atoms with Gasteiger partial charge in [0, 0.05) is 28.1 Å². The normalized spacial score (nSPS) is 11.6. The number of nitrogens with one attached hydrogen (secondary N) is 1. The molecule has 2 nitrogen and oxygen atoms in total. The molecule has 3 N–H and O–H groups in total. The first-order chi connectivity index (χ1) is 6.83. The number of nitrogens with two attached hydrogens (primary N) is 1. The van der Waals surface area contributed by atoms with Crippen LogP contribution in [0.5, 0.6) is 0 Å². The summed E-state index contributed by atoms with van der Waals surface area (Å²) in [6.45, 7) is 0.568. The van der Waals surface area contributed by atoms with Crippen molar-refractivity contribution in [1.82, 2.24) is 4.98 Å². The zero-order chi connectivity index (χ0) is 9.97. The summed E-state index contributed by atoms with van der Waals surface area (Å²) in [7, 11) is 0. The molecule has 3 heteroatoms. The van der Waals surface area contributed by atoms with Crippen LogP contribution < -0.4 is 5.73 Å². The third-order valence-electron chi connectivity index (χ3n) is 2.12. The first-order valence-corrected chi connectivity index (χ1v) is 5.24. The average molecular weight is 251 g/mol. The monoisotopic (exact) mass is 250 g/mol. The molecular weight excluding hydrogens is 240 g/mol. The van der Waals surface area contributed by atoms with Gasteiger partial charge < -0.3 is 10.7 Å². The first kappa shape index (κ1) is 9.49. The standard InChI is InChI=1S/C11H11BrN2/c12-9-7-14-10-5-1-3-8(11(9)10)4-2-6-13/h1-5,7,14H,6,13H2/b4-2+. The Morgan fingerprint density at radius 3 is 3.07 bits per heavy atom. The average Bonchev–Trinajstić information content (AvgIpc) is 2.58. The molecule has 0 radical (unpaired) electrons. The van der Waals surface area contributed by atoms with Crippen LogP contribution in [0.15, 0.2) is 34.9 Å². The summed E-state index contributed by atoms with van der Waals surface area (Å²) in [6, 6.07) is 6.16. The molecule has 0 fully saturated rings. The third-order valence-corrected chi connectivity index (χ3v) is 2.75. The van der Waals surface area contributed by atoms with Crippen LogP contribution in [-0.2, 0) is 0 Å². The molecular formula is C11H11BrN2. The number of fused-ring (bicyclic) bond motifs is 1. The van der Waals surface area contributed by atoms with E-state index in [-0.39, 0.29) is 0 Å². The zero-order valence-electron chi connectivity index (χ0n) is 7.63. The molecule has 0 saturated heterocycles. The van der Waals surface area contributed by atoms with Gasteiger partial charge in [-0.2, -0.15) is 0 Å². The maximum Gasteiger partial charge on any atom is 0.0471 e. The van der Waals surface area contributed by atoms with Crippen LogP contribution in [0, 0.1) is 0 Å². The van der Waals surface area contributed by atoms with E-state index in [4.69, 9.17) is 5.73 Å². The highest BCUT2D eigenvalue weighted by Crippen LogP contribution is 2.27. The highest BCUT2D eigenvalue weighted by molar-refractivity contribution is 9.10. The Morgan fingerprint density at radius 2 is 2.29 bits per heavy atom. The molecule has 0 aliphatic heterocycles. The maximum atomic E-state index is 5.43. The summed E-state index contributed by atoms with van der Waals surface area (Å²) < 4.78 is 1.09. The number of rotatable bonds is 2. The fourth-order valence-corrected chi connectivity index (χ4v) is 2.06. The van der Waals surface area contributed by atoms with Gasteiger partial charge in [0.05, 0.1) is 0 Å². The smallest absolute Gasteiger partial charge is 0.0471 e. The van der Waals surface area contributed by atoms with Gasteiger partial charge in [0.1, 0.15) is 0 Å². The number of aromatic nitrogens is 1. The number of aromatic amines is 1. The van der Waals surface area contributed by atoms with Crippen LogP contribution >= 0.6 is 15.9 Å². The van der Waals surface area contributed by atoms with Crippen molar-refractivity contribution in [2.75, 3.05) is 6.54 Å². The lowest BCUT2D eigenvalue weighted by Crippen LogP contribution is -1.91. The number of hydrogen-bond acceptors (Lipinski definition) is 1. The van der Waals surface area contributed by atoms with Gasteiger partial charge in [-0.3, -0.25) is 0 Å². The van der Waals surface area contributed by atoms with Crippen LogP contribution in [-0.4, -0.2) is 11.5 Å². The van der Waals surface area contributed by atoms with Crippen LogP contribution in [0.2, 0.25) is 0 Å². The Kier molecular flexibility index (Phi) is 2.70. The number of benzene rings is 1. The Morgan fingerprint density at radius 1 is 1.43 bits per heavy atom. The Hall–Kier alpha value is -1.06. The predicted molar refractivity (Wildman–Crippen MR) is 64.1 cm³/mol. The lowest BCUT2D eigenvalue weighted by Gasteiger charge is -1.97. The molecule has 1 heterocycles. The van der Waals surface area contributed by atoms with Crippen molar-refractivity contribution in [1.29, 1.82) is 0 Å². The van der Waals surface area contributed by atoms with Crippen molar-refractivity contribution in [3.05, 3.63) is 40.5 Å². The summed E-state index contributed by atoms with van der Waals surface area (Å²) in [6.07, 6.45) is 5.94. The molecule has 1 aromatic heterocycles. The molecule has 2 aromatic rings. The van der Waals surface area contributed by atoms with Crippen molar-refractivity contribution in [3.8, 4) is 0 Å². The van der Waals surface area contributed by atoms with Crippen LogP contribution in [0.25, 0.3) is 17.0 Å². The molecule has 1 aromatic carbocycles. The molecule has 0 aliphatic carbocycles. The van der Waals surface area contributed by atoms with Gasteiger partial charge >= 0.3 is 0 Å². The minimum absolute atomic E-state index is 0.568. The molecule has 14 heavy (non-hydrogen) atoms. The maximum absolute atomic E-state index is 5.43. The Labute approximate surface area is 90.9 Å². The topological polar surface area (TPSA) is 41.8 Å². The molecule has 0 saturated carbocycles. The van der Waals surface area contributed by atoms with E-state index in [0.29, 0.717) is 6.54 Å². The second-order valence-electron chi connectivity index (χ2n) is 3.04. The first-order valence-electron chi connectivity index (χ1n) is 4.45. The van der Waals surface area contributed by atoms with Crippen LogP contribution in [0.3, 0.4) is 0 Å². The SMILES string of the molecule is NC/C=C/c1cccc2[nH]cc(Br)c12. The van der Waals surface area contributed by atoms with Gasteiger partial charge in [0.2, 0.25) is 0 Å². The molecule has 0 atom stereocenters. The van der Waals surface area contributed by atoms with Gasteiger partial charge in [0.25, 0.3) is 0 Å². The van der Waals surface area contributed by atoms with E-state index in [1.807, 2.05) is 24.4 Å². The van der Waals surface area contributed by atoms with Crippen molar-refractivity contribution in [2.24, 2.45) is 5.73 Å². The molecule has 0 bridgehead atoms. The van der Waals surface area contributed by atoms with Crippen molar-refractivity contribution >= 4 is 32.9 Å². The third kappa shape index (κ3) is 1.61. The largest absolute Gasteiger partial charge is 0.360 e. The zero-order valence-corrected chi connectivity index (χ0v) is 9.21. The van der Waals surface area contributed by atoms with Crippen molar-refractivity contribution < 1.29 is 0 Å². The molecule has 72 valence electrons. The van der Waals surface area contributed by atoms with Crippen LogP contribution in [0.1, 0.15) is 5.56 Å². The van der Waals surface area contributed by atoms with Gasteiger partial charge in [-0.05, 0) is 27.6 Å². The van der Waals surface area contributed by atoms with Crippen LogP contribution in [0.4, 0.5) is 0 Å². The highest BCUT2D eigenvalue weighted by Gasteiger charge is 2.03. The minimum Gasteiger partial charge on any atom is -0.360 e. The second-order valence-corrected chi connectivity index (χ2v) is 3.90. The number of halogens is 1. The molecule has 0 spiro atoms. The molecule has 0 amide bonds. The lowest BCUT2D eigenvalue weighted by atomic mass is 10.1. The molecule has 2 rings (SSSR count). The van der Waals surface area contributed by atoms with E-state index in [1.165, 1.54) is 10.9 Å². The number of H-pyrrole nitrogens is 1. The van der Waals surface area contributed by atoms with Crippen molar-refractivity contribution in [2.45, 2.75) is 0 Å². The van der Waals surface area contributed by atoms with Gasteiger partial charge in [-0.15, -0.1) is 0 Å². The number of hydrogen-bond donors (Lipinski definition) is 2. The van der Waals surface area contributed by atoms with E-state index in [1.54, 1.807) is 0 Å². The van der Waals surface area contributed by atoms with E-state index < -0.39 is 0 Å². The molecule has 0 unspecified atom stereocenters. The predicted octanol–water partition coefficient (Wildman–Crippen LogP) is 2.90. The summed E-state index contributed by atoms with van der Waals surface area (Å²) in [5, 5.41) is 1.21. The Balaban J connectivity index is 2.63. The van der Waals surface area contributed by atoms with E-state index in [2.05, 4.69) is 33.0 Å². The quantitative estimate of drug-likeness (QED) is 0.846. The van der Waals surface area contributed by atoms with Crippen molar-refractivity contribution in [3.63, 3.8) is 0 Å². The highest BCUT2D eigenvalue weighted by atomic mass is 79.9.